The monoisotopic (exact) mass is 493 g/mol. The Morgan fingerprint density at radius 3 is 2.45 bits per heavy atom. The Kier molecular flexibility index (Phi) is 7.69. The third-order valence-corrected chi connectivity index (χ3v) is 8.72. The highest BCUT2D eigenvalue weighted by atomic mass is 35.5. The Bertz CT molecular complexity index is 1100. The molecule has 0 atom stereocenters. The number of hydrogen-bond acceptors (Lipinski definition) is 4. The van der Waals surface area contributed by atoms with E-state index in [-0.39, 0.29) is 27.2 Å². The van der Waals surface area contributed by atoms with Crippen LogP contribution in [0, 0.1) is 11.7 Å². The van der Waals surface area contributed by atoms with Crippen LogP contribution >= 0.6 is 11.6 Å². The average molecular weight is 494 g/mol. The van der Waals surface area contributed by atoms with Gasteiger partial charge in [0.05, 0.1) is 15.5 Å². The lowest BCUT2D eigenvalue weighted by Gasteiger charge is -2.32. The largest absolute Gasteiger partial charge is 0.352 e. The third-order valence-electron chi connectivity index (χ3n) is 6.50. The van der Waals surface area contributed by atoms with Gasteiger partial charge in [-0.15, -0.1) is 0 Å². The van der Waals surface area contributed by atoms with E-state index < -0.39 is 10.0 Å². The number of likely N-dealkylation sites (tertiary alicyclic amines) is 1. The fourth-order valence-electron chi connectivity index (χ4n) is 4.46. The van der Waals surface area contributed by atoms with Crippen molar-refractivity contribution >= 4 is 27.5 Å². The summed E-state index contributed by atoms with van der Waals surface area (Å²) < 4.78 is 41.0. The standard InChI is InChI=1S/C24H29ClFN3O3S/c25-22-8-7-20(33(31,32)29-11-3-4-12-29)15-21(22)24(30)27-16-18-9-13-28(14-10-18)17-19-5-1-2-6-23(19)26/h1-2,5-8,15,18H,3-4,9-14,16-17H2,(H,27,30). The number of rotatable bonds is 7. The maximum absolute atomic E-state index is 13.9. The minimum Gasteiger partial charge on any atom is -0.352 e. The van der Waals surface area contributed by atoms with E-state index in [9.17, 15) is 17.6 Å². The van der Waals surface area contributed by atoms with Gasteiger partial charge >= 0.3 is 0 Å². The van der Waals surface area contributed by atoms with Gasteiger partial charge in [0, 0.05) is 31.7 Å². The van der Waals surface area contributed by atoms with Crippen LogP contribution in [-0.2, 0) is 16.6 Å². The number of halogens is 2. The number of hydrogen-bond donors (Lipinski definition) is 1. The summed E-state index contributed by atoms with van der Waals surface area (Å²) in [7, 11) is -3.62. The van der Waals surface area contributed by atoms with Gasteiger partial charge in [0.1, 0.15) is 5.82 Å². The third kappa shape index (κ3) is 5.74. The van der Waals surface area contributed by atoms with E-state index >= 15 is 0 Å². The molecule has 33 heavy (non-hydrogen) atoms. The van der Waals surface area contributed by atoms with E-state index in [0.717, 1.165) is 38.8 Å². The molecule has 9 heteroatoms. The summed E-state index contributed by atoms with van der Waals surface area (Å²) in [6, 6.07) is 11.1. The smallest absolute Gasteiger partial charge is 0.252 e. The first-order valence-corrected chi connectivity index (χ1v) is 13.2. The number of nitrogens with zero attached hydrogens (tertiary/aromatic N) is 2. The van der Waals surface area contributed by atoms with Crippen LogP contribution in [0.4, 0.5) is 4.39 Å². The fraction of sp³-hybridized carbons (Fsp3) is 0.458. The van der Waals surface area contributed by atoms with Crippen LogP contribution < -0.4 is 5.32 Å². The first-order valence-electron chi connectivity index (χ1n) is 11.4. The first kappa shape index (κ1) is 24.1. The number of nitrogens with one attached hydrogen (secondary N) is 1. The summed E-state index contributed by atoms with van der Waals surface area (Å²) in [5.74, 6) is -0.244. The molecule has 2 aliphatic rings. The molecule has 2 heterocycles. The summed E-state index contributed by atoms with van der Waals surface area (Å²) in [6.07, 6.45) is 3.48. The van der Waals surface area contributed by atoms with Crippen molar-refractivity contribution in [3.05, 3.63) is 64.4 Å². The van der Waals surface area contributed by atoms with Gasteiger partial charge in [0.25, 0.3) is 5.91 Å². The molecule has 4 rings (SSSR count). The van der Waals surface area contributed by atoms with E-state index in [2.05, 4.69) is 10.2 Å². The maximum atomic E-state index is 13.9. The molecule has 2 aliphatic heterocycles. The maximum Gasteiger partial charge on any atom is 0.252 e. The van der Waals surface area contributed by atoms with Crippen LogP contribution in [-0.4, -0.2) is 56.3 Å². The molecular weight excluding hydrogens is 465 g/mol. The van der Waals surface area contributed by atoms with Gasteiger partial charge < -0.3 is 5.32 Å². The van der Waals surface area contributed by atoms with Crippen LogP contribution in [0.5, 0.6) is 0 Å². The molecule has 1 N–H and O–H groups in total. The molecule has 0 aromatic heterocycles. The fourth-order valence-corrected chi connectivity index (χ4v) is 6.21. The van der Waals surface area contributed by atoms with Gasteiger partial charge in [0.15, 0.2) is 0 Å². The molecular formula is C24H29ClFN3O3S. The molecule has 2 saturated heterocycles. The van der Waals surface area contributed by atoms with E-state index in [0.29, 0.717) is 37.7 Å². The second kappa shape index (κ2) is 10.5. The van der Waals surface area contributed by atoms with Gasteiger partial charge in [-0.05, 0) is 69.0 Å². The Labute approximate surface area is 199 Å². The zero-order valence-electron chi connectivity index (χ0n) is 18.5. The minimum absolute atomic E-state index is 0.0976. The normalized spacial score (nSPS) is 18.5. The number of benzene rings is 2. The summed E-state index contributed by atoms with van der Waals surface area (Å²) in [4.78, 5) is 15.1. The summed E-state index contributed by atoms with van der Waals surface area (Å²) >= 11 is 6.22. The number of sulfonamides is 1. The van der Waals surface area contributed by atoms with Crippen LogP contribution in [0.3, 0.4) is 0 Å². The van der Waals surface area contributed by atoms with Crippen LogP contribution in [0.2, 0.25) is 5.02 Å². The summed E-state index contributed by atoms with van der Waals surface area (Å²) in [5, 5.41) is 3.15. The molecule has 0 spiro atoms. The van der Waals surface area contributed by atoms with Crippen molar-refractivity contribution in [2.75, 3.05) is 32.7 Å². The number of piperidine rings is 1. The quantitative estimate of drug-likeness (QED) is 0.635. The predicted octanol–water partition coefficient (Wildman–Crippen LogP) is 3.91. The SMILES string of the molecule is O=C(NCC1CCN(Cc2ccccc2F)CC1)c1cc(S(=O)(=O)N2CCCC2)ccc1Cl. The summed E-state index contributed by atoms with van der Waals surface area (Å²) in [5.41, 5.74) is 0.872. The van der Waals surface area contributed by atoms with E-state index in [1.165, 1.54) is 28.6 Å². The van der Waals surface area contributed by atoms with Crippen LogP contribution in [0.15, 0.2) is 47.4 Å². The molecule has 6 nitrogen and oxygen atoms in total. The molecule has 1 amide bonds. The van der Waals surface area contributed by atoms with Gasteiger partial charge in [-0.3, -0.25) is 9.69 Å². The van der Waals surface area contributed by atoms with Crippen molar-refractivity contribution in [2.45, 2.75) is 37.1 Å². The first-order chi connectivity index (χ1) is 15.8. The number of amides is 1. The van der Waals surface area contributed by atoms with Crippen molar-refractivity contribution in [2.24, 2.45) is 5.92 Å². The molecule has 0 unspecified atom stereocenters. The molecule has 2 fully saturated rings. The van der Waals surface area contributed by atoms with Crippen molar-refractivity contribution < 1.29 is 17.6 Å². The number of carbonyl (C=O) groups is 1. The topological polar surface area (TPSA) is 69.7 Å². The highest BCUT2D eigenvalue weighted by molar-refractivity contribution is 7.89. The lowest BCUT2D eigenvalue weighted by atomic mass is 9.96. The lowest BCUT2D eigenvalue weighted by molar-refractivity contribution is 0.0935. The molecule has 0 bridgehead atoms. The summed E-state index contributed by atoms with van der Waals surface area (Å²) in [6.45, 7) is 3.74. The van der Waals surface area contributed by atoms with Crippen LogP contribution in [0.1, 0.15) is 41.6 Å². The zero-order valence-corrected chi connectivity index (χ0v) is 20.0. The van der Waals surface area contributed by atoms with Gasteiger partial charge in [-0.25, -0.2) is 12.8 Å². The molecule has 2 aromatic carbocycles. The molecule has 0 radical (unpaired) electrons. The van der Waals surface area contributed by atoms with Crippen molar-refractivity contribution in [1.29, 1.82) is 0 Å². The van der Waals surface area contributed by atoms with Gasteiger partial charge in [-0.2, -0.15) is 4.31 Å². The van der Waals surface area contributed by atoms with E-state index in [1.54, 1.807) is 6.07 Å². The predicted molar refractivity (Wildman–Crippen MR) is 126 cm³/mol. The zero-order chi connectivity index (χ0) is 23.4. The Morgan fingerprint density at radius 2 is 1.76 bits per heavy atom. The minimum atomic E-state index is -3.62. The molecule has 2 aromatic rings. The lowest BCUT2D eigenvalue weighted by Crippen LogP contribution is -2.38. The second-order valence-electron chi connectivity index (χ2n) is 8.77. The Morgan fingerprint density at radius 1 is 1.06 bits per heavy atom. The van der Waals surface area contributed by atoms with E-state index in [1.807, 2.05) is 12.1 Å². The van der Waals surface area contributed by atoms with Gasteiger partial charge in [-0.1, -0.05) is 29.8 Å². The highest BCUT2D eigenvalue weighted by Crippen LogP contribution is 2.26. The second-order valence-corrected chi connectivity index (χ2v) is 11.1. The van der Waals surface area contributed by atoms with Crippen molar-refractivity contribution in [3.8, 4) is 0 Å². The molecule has 178 valence electrons. The van der Waals surface area contributed by atoms with Crippen LogP contribution in [0.25, 0.3) is 0 Å². The highest BCUT2D eigenvalue weighted by Gasteiger charge is 2.28. The van der Waals surface area contributed by atoms with E-state index in [4.69, 9.17) is 11.6 Å². The van der Waals surface area contributed by atoms with Gasteiger partial charge in [0.2, 0.25) is 10.0 Å². The Balaban J connectivity index is 1.32. The average Bonchev–Trinajstić information content (AvgIpc) is 3.36. The number of carbonyl (C=O) groups excluding carboxylic acids is 1. The molecule has 0 aliphatic carbocycles. The van der Waals surface area contributed by atoms with Crippen molar-refractivity contribution in [3.63, 3.8) is 0 Å². The van der Waals surface area contributed by atoms with Crippen molar-refractivity contribution in [1.82, 2.24) is 14.5 Å². The molecule has 0 saturated carbocycles. The Hall–Kier alpha value is -2.00.